The van der Waals surface area contributed by atoms with Crippen molar-refractivity contribution in [3.05, 3.63) is 57.9 Å². The molecule has 0 saturated heterocycles. The third kappa shape index (κ3) is 4.83. The first-order chi connectivity index (χ1) is 13.9. The normalized spacial score (nSPS) is 14.4. The van der Waals surface area contributed by atoms with Crippen LogP contribution in [0.2, 0.25) is 5.02 Å². The van der Waals surface area contributed by atoms with Gasteiger partial charge in [-0.1, -0.05) is 29.2 Å². The molecule has 3 N–H and O–H groups in total. The van der Waals surface area contributed by atoms with Crippen LogP contribution in [0.4, 0.5) is 0 Å². The fourth-order valence-corrected chi connectivity index (χ4v) is 3.05. The van der Waals surface area contributed by atoms with Crippen LogP contribution < -0.4 is 10.5 Å². The summed E-state index contributed by atoms with van der Waals surface area (Å²) in [7, 11) is 1.64. The Bertz CT molecular complexity index is 1160. The maximum atomic E-state index is 11.9. The summed E-state index contributed by atoms with van der Waals surface area (Å²) >= 11 is 6.33. The number of benzene rings is 1. The molecular weight excluding hydrogens is 388 g/mol. The number of hydrogen-bond acceptors (Lipinski definition) is 5. The van der Waals surface area contributed by atoms with Crippen molar-refractivity contribution >= 4 is 34.1 Å². The molecule has 0 bridgehead atoms. The Hall–Kier alpha value is -3.14. The summed E-state index contributed by atoms with van der Waals surface area (Å²) in [5, 5.41) is 0.474. The molecule has 7 heteroatoms. The van der Waals surface area contributed by atoms with E-state index in [1.54, 1.807) is 32.2 Å². The molecule has 29 heavy (non-hydrogen) atoms. The van der Waals surface area contributed by atoms with Gasteiger partial charge in [-0.25, -0.2) is 0 Å². The highest BCUT2D eigenvalue weighted by Crippen LogP contribution is 2.26. The number of nitrogens with one attached hydrogen (secondary N) is 1. The summed E-state index contributed by atoms with van der Waals surface area (Å²) in [4.78, 5) is 23.4. The van der Waals surface area contributed by atoms with E-state index in [1.807, 2.05) is 19.1 Å². The van der Waals surface area contributed by atoms with E-state index in [0.29, 0.717) is 45.6 Å². The van der Waals surface area contributed by atoms with Crippen molar-refractivity contribution < 1.29 is 9.53 Å². The molecule has 0 saturated carbocycles. The van der Waals surface area contributed by atoms with Crippen LogP contribution in [0.5, 0.6) is 6.01 Å². The predicted octanol–water partition coefficient (Wildman–Crippen LogP) is 3.73. The van der Waals surface area contributed by atoms with Gasteiger partial charge in [-0.15, -0.1) is 0 Å². The average Bonchev–Trinajstić information content (AvgIpc) is 2.96. The number of Topliss-reactive ketones (excluding diaryl/α,β-unsaturated/α-hetero) is 1. The molecule has 1 aliphatic rings. The molecular formula is C22H21ClN4O2. The first-order valence-electron chi connectivity index (χ1n) is 9.05. The Morgan fingerprint density at radius 3 is 2.93 bits per heavy atom. The van der Waals surface area contributed by atoms with Gasteiger partial charge in [0.15, 0.2) is 5.78 Å². The summed E-state index contributed by atoms with van der Waals surface area (Å²) in [6, 6.07) is 3.83. The number of carbonyl (C=O) groups excluding carboxylic acids is 1. The SMILES string of the molecule is CN=C(C#Cc1cc2[nH]c(OC3=CC(C(C)=O)=C(C)CC=C3)nc2cc1Cl)CN. The van der Waals surface area contributed by atoms with Crippen LogP contribution >= 0.6 is 11.6 Å². The number of halogens is 1. The third-order valence-corrected chi connectivity index (χ3v) is 4.71. The van der Waals surface area contributed by atoms with Crippen molar-refractivity contribution in [2.24, 2.45) is 10.7 Å². The van der Waals surface area contributed by atoms with Gasteiger partial charge >= 0.3 is 0 Å². The van der Waals surface area contributed by atoms with Crippen molar-refractivity contribution in [2.75, 3.05) is 13.6 Å². The lowest BCUT2D eigenvalue weighted by molar-refractivity contribution is -0.113. The van der Waals surface area contributed by atoms with Crippen LogP contribution in [0.1, 0.15) is 25.8 Å². The highest BCUT2D eigenvalue weighted by molar-refractivity contribution is 6.32. The van der Waals surface area contributed by atoms with E-state index < -0.39 is 0 Å². The number of nitrogens with zero attached hydrogens (tertiary/aromatic N) is 2. The Morgan fingerprint density at radius 2 is 2.24 bits per heavy atom. The Balaban J connectivity index is 1.92. The highest BCUT2D eigenvalue weighted by atomic mass is 35.5. The second-order valence-electron chi connectivity index (χ2n) is 6.52. The quantitative estimate of drug-likeness (QED) is 0.595. The van der Waals surface area contributed by atoms with Crippen molar-refractivity contribution in [3.63, 3.8) is 0 Å². The molecule has 0 spiro atoms. The number of ether oxygens (including phenoxy) is 1. The number of aromatic nitrogens is 2. The molecule has 1 aliphatic carbocycles. The Labute approximate surface area is 174 Å². The number of aromatic amines is 1. The zero-order valence-electron chi connectivity index (χ0n) is 16.5. The molecule has 0 amide bonds. The first-order valence-corrected chi connectivity index (χ1v) is 9.43. The predicted molar refractivity (Wildman–Crippen MR) is 116 cm³/mol. The van der Waals surface area contributed by atoms with Gasteiger partial charge in [0.05, 0.1) is 21.8 Å². The van der Waals surface area contributed by atoms with Crippen LogP contribution in [-0.2, 0) is 4.79 Å². The second kappa shape index (κ2) is 8.91. The van der Waals surface area contributed by atoms with Gasteiger partial charge in [-0.2, -0.15) is 4.98 Å². The zero-order chi connectivity index (χ0) is 21.0. The number of fused-ring (bicyclic) bond motifs is 1. The lowest BCUT2D eigenvalue weighted by Crippen LogP contribution is -2.11. The third-order valence-electron chi connectivity index (χ3n) is 4.40. The van der Waals surface area contributed by atoms with Gasteiger partial charge in [-0.3, -0.25) is 9.79 Å². The molecule has 2 aromatic rings. The van der Waals surface area contributed by atoms with Gasteiger partial charge in [0, 0.05) is 24.7 Å². The molecule has 0 aliphatic heterocycles. The van der Waals surface area contributed by atoms with E-state index >= 15 is 0 Å². The summed E-state index contributed by atoms with van der Waals surface area (Å²) < 4.78 is 5.87. The number of aliphatic imine (C=N–C) groups is 1. The molecule has 0 atom stereocenters. The lowest BCUT2D eigenvalue weighted by Gasteiger charge is -2.04. The number of carbonyl (C=O) groups is 1. The number of nitrogens with two attached hydrogens (primary N) is 1. The summed E-state index contributed by atoms with van der Waals surface area (Å²) in [5.74, 6) is 6.42. The first kappa shape index (κ1) is 20.6. The molecule has 0 radical (unpaired) electrons. The number of rotatable bonds is 4. The number of ketones is 1. The van der Waals surface area contributed by atoms with Crippen molar-refractivity contribution in [1.82, 2.24) is 9.97 Å². The molecule has 1 aromatic heterocycles. The maximum absolute atomic E-state index is 11.9. The standard InChI is InChI=1S/C22H21ClN4O2/c1-13-5-4-6-17(10-18(13)14(2)28)29-22-26-20-9-15(7-8-16(12-24)25-3)19(23)11-21(20)27-22/h4,6,9-11H,5,12,24H2,1-3H3,(H,26,27). The molecule has 0 fully saturated rings. The minimum Gasteiger partial charge on any atom is -0.426 e. The maximum Gasteiger partial charge on any atom is 0.300 e. The van der Waals surface area contributed by atoms with Crippen molar-refractivity contribution in [1.29, 1.82) is 0 Å². The zero-order valence-corrected chi connectivity index (χ0v) is 17.2. The van der Waals surface area contributed by atoms with E-state index in [0.717, 1.165) is 11.1 Å². The van der Waals surface area contributed by atoms with Crippen LogP contribution in [0.15, 0.2) is 52.3 Å². The fourth-order valence-electron chi connectivity index (χ4n) is 2.84. The number of imidazole rings is 1. The lowest BCUT2D eigenvalue weighted by atomic mass is 10.0. The van der Waals surface area contributed by atoms with Gasteiger partial charge in [0.25, 0.3) is 6.01 Å². The van der Waals surface area contributed by atoms with Gasteiger partial charge < -0.3 is 15.5 Å². The largest absolute Gasteiger partial charge is 0.426 e. The van der Waals surface area contributed by atoms with Gasteiger partial charge in [0.1, 0.15) is 5.76 Å². The van der Waals surface area contributed by atoms with E-state index in [1.165, 1.54) is 0 Å². The summed E-state index contributed by atoms with van der Waals surface area (Å²) in [6.07, 6.45) is 6.21. The van der Waals surface area contributed by atoms with E-state index in [9.17, 15) is 4.79 Å². The van der Waals surface area contributed by atoms with Gasteiger partial charge in [0.2, 0.25) is 0 Å². The molecule has 1 aromatic carbocycles. The minimum atomic E-state index is -0.000582. The Kier molecular flexibility index (Phi) is 6.32. The van der Waals surface area contributed by atoms with Gasteiger partial charge in [-0.05, 0) is 50.5 Å². The van der Waals surface area contributed by atoms with Crippen LogP contribution in [0.3, 0.4) is 0 Å². The minimum absolute atomic E-state index is 0.000582. The van der Waals surface area contributed by atoms with Crippen LogP contribution in [0, 0.1) is 11.8 Å². The van der Waals surface area contributed by atoms with E-state index in [-0.39, 0.29) is 12.3 Å². The summed E-state index contributed by atoms with van der Waals surface area (Å²) in [6.45, 7) is 3.75. The highest BCUT2D eigenvalue weighted by Gasteiger charge is 2.13. The summed E-state index contributed by atoms with van der Waals surface area (Å²) in [5.41, 5.74) is 9.83. The van der Waals surface area contributed by atoms with Crippen molar-refractivity contribution in [2.45, 2.75) is 20.3 Å². The monoisotopic (exact) mass is 408 g/mol. The smallest absolute Gasteiger partial charge is 0.300 e. The average molecular weight is 409 g/mol. The van der Waals surface area contributed by atoms with Crippen LogP contribution in [0.25, 0.3) is 11.0 Å². The molecule has 6 nitrogen and oxygen atoms in total. The molecule has 148 valence electrons. The Morgan fingerprint density at radius 1 is 1.45 bits per heavy atom. The van der Waals surface area contributed by atoms with E-state index in [4.69, 9.17) is 22.1 Å². The molecule has 0 unspecified atom stereocenters. The number of allylic oxidation sites excluding steroid dienone is 5. The number of hydrogen-bond donors (Lipinski definition) is 2. The number of H-pyrrole nitrogens is 1. The topological polar surface area (TPSA) is 93.4 Å². The second-order valence-corrected chi connectivity index (χ2v) is 6.93. The van der Waals surface area contributed by atoms with Crippen LogP contribution in [-0.4, -0.2) is 35.1 Å². The van der Waals surface area contributed by atoms with Crippen molar-refractivity contribution in [3.8, 4) is 17.9 Å². The molecule has 1 heterocycles. The molecule has 3 rings (SSSR count). The van der Waals surface area contributed by atoms with E-state index in [2.05, 4.69) is 26.8 Å². The fraction of sp³-hybridized carbons (Fsp3) is 0.227.